The molecule has 1 aliphatic heterocycles. The number of allylic oxidation sites excluding steroid dienone is 1. The number of methoxy groups -OCH3 is 1. The third-order valence-electron chi connectivity index (χ3n) is 14.6. The molecule has 0 spiro atoms. The molecule has 4 aromatic rings. The van der Waals surface area contributed by atoms with Crippen molar-refractivity contribution < 1.29 is 14.3 Å². The normalized spacial score (nSPS) is 26.0. The molecule has 1 amide bonds. The van der Waals surface area contributed by atoms with Crippen LogP contribution >= 0.6 is 23.2 Å². The van der Waals surface area contributed by atoms with Crippen LogP contribution in [0.3, 0.4) is 0 Å². The minimum Gasteiger partial charge on any atom is -0.493 e. The van der Waals surface area contributed by atoms with E-state index in [9.17, 15) is 10.1 Å². The van der Waals surface area contributed by atoms with Gasteiger partial charge in [0.1, 0.15) is 35.2 Å². The number of nitriles is 1. The monoisotopic (exact) mass is 867 g/mol. The number of likely N-dealkylation sites (tertiary alicyclic amines) is 1. The first-order chi connectivity index (χ1) is 29.1. The Morgan fingerprint density at radius 2 is 1.61 bits per heavy atom. The van der Waals surface area contributed by atoms with E-state index in [0.717, 1.165) is 31.2 Å². The molecular weight excluding hydrogens is 805 g/mol. The topological polar surface area (TPSA) is 132 Å². The van der Waals surface area contributed by atoms with Gasteiger partial charge in [-0.2, -0.15) is 10.4 Å². The van der Waals surface area contributed by atoms with E-state index in [1.807, 2.05) is 21.7 Å². The molecule has 2 aliphatic carbocycles. The van der Waals surface area contributed by atoms with Crippen molar-refractivity contribution in [2.24, 2.45) is 52.8 Å². The number of nitrogen functional groups attached to an aromatic ring is 1. The van der Waals surface area contributed by atoms with E-state index in [2.05, 4.69) is 70.6 Å². The summed E-state index contributed by atoms with van der Waals surface area (Å²) >= 11 is 12.4. The molecule has 7 atom stereocenters. The lowest BCUT2D eigenvalue weighted by molar-refractivity contribution is -0.128. The lowest BCUT2D eigenvalue weighted by Crippen LogP contribution is -2.48. The minimum absolute atomic E-state index is 0.193. The molecule has 3 fully saturated rings. The first-order valence-corrected chi connectivity index (χ1v) is 23.1. The molecule has 0 radical (unpaired) electrons. The molecule has 2 N–H and O–H groups in total. The predicted molar refractivity (Wildman–Crippen MR) is 245 cm³/mol. The number of benzene rings is 2. The fourth-order valence-corrected chi connectivity index (χ4v) is 11.6. The molecule has 1 saturated heterocycles. The maximum atomic E-state index is 14.8. The fraction of sp³-hybridized carbons (Fsp3) is 0.571. The number of piperidine rings is 1. The first kappa shape index (κ1) is 44.7. The summed E-state index contributed by atoms with van der Waals surface area (Å²) in [5, 5.41) is 17.5. The Bertz CT molecular complexity index is 2270. The SMILES string of the molecule is COc1cc(-c2nn(C3CCCN(C(=O)/C(C#N)=C\C(C)(C4CC(C)CCC4C(C)C)C4CC(C)CCC4C(C)C)C3)c3ncnc(N)c23)ccc1Oc1ccc(Cl)c(Cl)c1. The van der Waals surface area contributed by atoms with Crippen LogP contribution in [0.15, 0.2) is 54.4 Å². The lowest BCUT2D eigenvalue weighted by Gasteiger charge is -2.54. The summed E-state index contributed by atoms with van der Waals surface area (Å²) in [7, 11) is 1.58. The van der Waals surface area contributed by atoms with Gasteiger partial charge in [-0.1, -0.05) is 90.6 Å². The van der Waals surface area contributed by atoms with Crippen LogP contribution in [0.1, 0.15) is 106 Å². The van der Waals surface area contributed by atoms with E-state index < -0.39 is 0 Å². The number of rotatable bonds is 11. The van der Waals surface area contributed by atoms with Gasteiger partial charge in [0.25, 0.3) is 5.91 Å². The summed E-state index contributed by atoms with van der Waals surface area (Å²) in [5.74, 6) is 5.73. The average molecular weight is 869 g/mol. The van der Waals surface area contributed by atoms with Crippen molar-refractivity contribution in [3.05, 3.63) is 64.4 Å². The van der Waals surface area contributed by atoms with Gasteiger partial charge in [-0.3, -0.25) is 4.79 Å². The second kappa shape index (κ2) is 18.6. The van der Waals surface area contributed by atoms with Crippen LogP contribution in [0.2, 0.25) is 10.0 Å². The molecule has 7 rings (SSSR count). The molecule has 2 aromatic carbocycles. The van der Waals surface area contributed by atoms with Gasteiger partial charge in [0.15, 0.2) is 17.1 Å². The molecule has 61 heavy (non-hydrogen) atoms. The van der Waals surface area contributed by atoms with Gasteiger partial charge < -0.3 is 20.1 Å². The fourth-order valence-electron chi connectivity index (χ4n) is 11.3. The van der Waals surface area contributed by atoms with E-state index >= 15 is 0 Å². The smallest absolute Gasteiger partial charge is 0.264 e. The standard InChI is InChI=1S/C49H63Cl2N7O3/c1-28(2)36-15-11-30(5)20-38(36)49(7,39-21-31(6)12-16-37(39)29(3)4)24-33(25-52)48(59)57-19-9-10-34(26-57)58-47-44(46(53)54-27-55-47)45(56-58)32-13-18-42(43(22-32)60-8)61-35-14-17-40(50)41(51)23-35/h13-14,17-18,22-24,27-31,34,36-39H,9-12,15-16,19-21,26H2,1-8H3,(H2,53,54,55)/b33-24-. The van der Waals surface area contributed by atoms with E-state index in [0.29, 0.717) is 110 Å². The second-order valence-electron chi connectivity index (χ2n) is 19.2. The van der Waals surface area contributed by atoms with Crippen molar-refractivity contribution >= 4 is 46.0 Å². The summed E-state index contributed by atoms with van der Waals surface area (Å²) in [6.45, 7) is 17.6. The third-order valence-corrected chi connectivity index (χ3v) is 15.3. The number of aromatic nitrogens is 4. The number of carbonyl (C=O) groups excluding carboxylic acids is 1. The van der Waals surface area contributed by atoms with Gasteiger partial charge >= 0.3 is 0 Å². The van der Waals surface area contributed by atoms with Gasteiger partial charge in [0, 0.05) is 24.7 Å². The zero-order valence-corrected chi connectivity index (χ0v) is 38.6. The van der Waals surface area contributed by atoms with Crippen LogP contribution in [-0.4, -0.2) is 50.8 Å². The Kier molecular flexibility index (Phi) is 13.6. The van der Waals surface area contributed by atoms with E-state index in [1.54, 1.807) is 31.4 Å². The quantitative estimate of drug-likeness (QED) is 0.116. The summed E-state index contributed by atoms with van der Waals surface area (Å²) in [6.07, 6.45) is 12.3. The highest BCUT2D eigenvalue weighted by Gasteiger charge is 2.50. The lowest BCUT2D eigenvalue weighted by atomic mass is 9.50. The Balaban J connectivity index is 1.22. The molecule has 3 heterocycles. The number of nitrogens with zero attached hydrogens (tertiary/aromatic N) is 6. The summed E-state index contributed by atoms with van der Waals surface area (Å²) in [4.78, 5) is 25.7. The molecule has 0 bridgehead atoms. The Hall–Kier alpha value is -4.33. The predicted octanol–water partition coefficient (Wildman–Crippen LogP) is 12.2. The highest BCUT2D eigenvalue weighted by molar-refractivity contribution is 6.42. The number of hydrogen-bond acceptors (Lipinski definition) is 8. The molecule has 2 saturated carbocycles. The summed E-state index contributed by atoms with van der Waals surface area (Å²) in [6, 6.07) is 12.9. The number of anilines is 1. The van der Waals surface area contributed by atoms with E-state index in [-0.39, 0.29) is 22.9 Å². The Morgan fingerprint density at radius 1 is 0.934 bits per heavy atom. The number of fused-ring (bicyclic) bond motifs is 1. The zero-order valence-electron chi connectivity index (χ0n) is 37.1. The van der Waals surface area contributed by atoms with Gasteiger partial charge in [-0.15, -0.1) is 0 Å². The number of amides is 1. The number of hydrogen-bond donors (Lipinski definition) is 1. The number of ether oxygens (including phenoxy) is 2. The van der Waals surface area contributed by atoms with Gasteiger partial charge in [0.2, 0.25) is 0 Å². The van der Waals surface area contributed by atoms with Crippen LogP contribution in [0.25, 0.3) is 22.3 Å². The molecule has 326 valence electrons. The Labute approximate surface area is 372 Å². The van der Waals surface area contributed by atoms with Crippen molar-refractivity contribution in [1.29, 1.82) is 5.26 Å². The van der Waals surface area contributed by atoms with Gasteiger partial charge in [-0.05, 0) is 122 Å². The Morgan fingerprint density at radius 3 is 2.21 bits per heavy atom. The van der Waals surface area contributed by atoms with Crippen molar-refractivity contribution in [2.45, 2.75) is 106 Å². The van der Waals surface area contributed by atoms with Crippen LogP contribution in [0.5, 0.6) is 17.2 Å². The molecule has 3 aliphatic rings. The maximum Gasteiger partial charge on any atom is 0.264 e. The maximum absolute atomic E-state index is 14.8. The molecule has 7 unspecified atom stereocenters. The van der Waals surface area contributed by atoms with Gasteiger partial charge in [0.05, 0.1) is 28.6 Å². The van der Waals surface area contributed by atoms with E-state index in [4.69, 9.17) is 43.5 Å². The summed E-state index contributed by atoms with van der Waals surface area (Å²) in [5.41, 5.74) is 8.44. The number of nitrogens with two attached hydrogens (primary N) is 1. The molecular formula is C49H63Cl2N7O3. The first-order valence-electron chi connectivity index (χ1n) is 22.4. The van der Waals surface area contributed by atoms with Crippen molar-refractivity contribution in [1.82, 2.24) is 24.6 Å². The van der Waals surface area contributed by atoms with Crippen molar-refractivity contribution in [3.8, 4) is 34.6 Å². The van der Waals surface area contributed by atoms with Crippen LogP contribution < -0.4 is 15.2 Å². The average Bonchev–Trinajstić information content (AvgIpc) is 3.64. The van der Waals surface area contributed by atoms with Crippen LogP contribution in [-0.2, 0) is 4.79 Å². The van der Waals surface area contributed by atoms with Gasteiger partial charge in [-0.25, -0.2) is 14.6 Å². The van der Waals surface area contributed by atoms with Crippen LogP contribution in [0.4, 0.5) is 5.82 Å². The largest absolute Gasteiger partial charge is 0.493 e. The second-order valence-corrected chi connectivity index (χ2v) is 20.1. The van der Waals surface area contributed by atoms with Crippen molar-refractivity contribution in [2.75, 3.05) is 25.9 Å². The highest BCUT2D eigenvalue weighted by atomic mass is 35.5. The zero-order chi connectivity index (χ0) is 43.7. The van der Waals surface area contributed by atoms with E-state index in [1.165, 1.54) is 32.0 Å². The highest BCUT2D eigenvalue weighted by Crippen LogP contribution is 2.58. The molecule has 2 aromatic heterocycles. The number of halogens is 2. The summed E-state index contributed by atoms with van der Waals surface area (Å²) < 4.78 is 13.8. The molecule has 12 heteroatoms. The molecule has 10 nitrogen and oxygen atoms in total. The third kappa shape index (κ3) is 9.11. The van der Waals surface area contributed by atoms with Crippen LogP contribution in [0, 0.1) is 64.1 Å². The van der Waals surface area contributed by atoms with Crippen molar-refractivity contribution in [3.63, 3.8) is 0 Å². The minimum atomic E-state index is -0.297. The number of carbonyl (C=O) groups is 1.